The van der Waals surface area contributed by atoms with E-state index in [1.165, 1.54) is 30.7 Å². The molecule has 0 radical (unpaired) electrons. The number of carbonyl (C=O) groups is 1. The van der Waals surface area contributed by atoms with Gasteiger partial charge in [-0.15, -0.1) is 11.3 Å². The van der Waals surface area contributed by atoms with E-state index in [9.17, 15) is 4.79 Å². The number of likely N-dealkylation sites (tertiary alicyclic amines) is 1. The van der Waals surface area contributed by atoms with Gasteiger partial charge in [-0.3, -0.25) is 9.69 Å². The van der Waals surface area contributed by atoms with Gasteiger partial charge in [0.2, 0.25) is 0 Å². The van der Waals surface area contributed by atoms with Crippen LogP contribution >= 0.6 is 27.3 Å². The molecule has 1 saturated heterocycles. The summed E-state index contributed by atoms with van der Waals surface area (Å²) >= 11 is 4.94. The Balaban J connectivity index is 1.93. The highest BCUT2D eigenvalue weighted by Crippen LogP contribution is 2.23. The quantitative estimate of drug-likeness (QED) is 0.793. The molecule has 0 aromatic carbocycles. The number of hydrogen-bond acceptors (Lipinski definition) is 4. The van der Waals surface area contributed by atoms with Crippen molar-refractivity contribution in [3.63, 3.8) is 0 Å². The fraction of sp³-hybridized carbons (Fsp3) is 0.615. The van der Waals surface area contributed by atoms with E-state index in [0.29, 0.717) is 12.6 Å². The lowest BCUT2D eigenvalue weighted by atomic mass is 10.0. The summed E-state index contributed by atoms with van der Waals surface area (Å²) in [5.41, 5.74) is 0. The summed E-state index contributed by atoms with van der Waals surface area (Å²) in [6.45, 7) is 2.75. The molecule has 2 heterocycles. The molecule has 0 bridgehead atoms. The van der Waals surface area contributed by atoms with Crippen molar-refractivity contribution >= 4 is 33.0 Å². The Bertz CT molecular complexity index is 421. The fourth-order valence-corrected chi connectivity index (χ4v) is 3.94. The molecular weight excluding hydrogens is 312 g/mol. The molecule has 1 unspecified atom stereocenters. The van der Waals surface area contributed by atoms with Crippen LogP contribution in [0.5, 0.6) is 0 Å². The molecular formula is C13H19BrN2OS. The number of piperidine rings is 1. The zero-order chi connectivity index (χ0) is 13.1. The largest absolute Gasteiger partial charge is 0.305 e. The lowest BCUT2D eigenvalue weighted by Crippen LogP contribution is -2.46. The molecule has 1 atom stereocenters. The van der Waals surface area contributed by atoms with E-state index in [1.807, 2.05) is 11.4 Å². The lowest BCUT2D eigenvalue weighted by molar-refractivity contribution is 0.0860. The van der Waals surface area contributed by atoms with E-state index >= 15 is 0 Å². The van der Waals surface area contributed by atoms with E-state index in [-0.39, 0.29) is 5.78 Å². The second kappa shape index (κ2) is 6.28. The normalized spacial score (nSPS) is 21.4. The predicted molar refractivity (Wildman–Crippen MR) is 79.5 cm³/mol. The van der Waals surface area contributed by atoms with Crippen LogP contribution in [-0.2, 0) is 0 Å². The third-order valence-corrected chi connectivity index (χ3v) is 5.37. The lowest BCUT2D eigenvalue weighted by Gasteiger charge is -2.35. The highest BCUT2D eigenvalue weighted by molar-refractivity contribution is 9.10. The summed E-state index contributed by atoms with van der Waals surface area (Å²) in [6, 6.07) is 2.44. The van der Waals surface area contributed by atoms with E-state index in [1.54, 1.807) is 0 Å². The third-order valence-electron chi connectivity index (χ3n) is 3.49. The maximum absolute atomic E-state index is 12.2. The molecule has 0 N–H and O–H groups in total. The second-order valence-corrected chi connectivity index (χ2v) is 6.76. The van der Waals surface area contributed by atoms with Gasteiger partial charge in [0.25, 0.3) is 0 Å². The molecule has 1 aromatic rings. The van der Waals surface area contributed by atoms with E-state index in [2.05, 4.69) is 39.8 Å². The van der Waals surface area contributed by atoms with Crippen molar-refractivity contribution in [2.45, 2.75) is 18.9 Å². The van der Waals surface area contributed by atoms with Gasteiger partial charge in [0.1, 0.15) is 0 Å². The molecule has 1 aliphatic rings. The van der Waals surface area contributed by atoms with Crippen LogP contribution < -0.4 is 0 Å². The number of nitrogens with zero attached hydrogens (tertiary/aromatic N) is 2. The number of carbonyl (C=O) groups excluding carboxylic acids is 1. The molecule has 18 heavy (non-hydrogen) atoms. The monoisotopic (exact) mass is 330 g/mol. The summed E-state index contributed by atoms with van der Waals surface area (Å²) < 4.78 is 0.923. The van der Waals surface area contributed by atoms with Crippen molar-refractivity contribution < 1.29 is 4.79 Å². The highest BCUT2D eigenvalue weighted by Gasteiger charge is 2.23. The Morgan fingerprint density at radius 2 is 2.44 bits per heavy atom. The predicted octanol–water partition coefficient (Wildman–Crippen LogP) is 2.72. The van der Waals surface area contributed by atoms with Gasteiger partial charge in [-0.25, -0.2) is 0 Å². The van der Waals surface area contributed by atoms with Crippen molar-refractivity contribution in [1.82, 2.24) is 9.80 Å². The molecule has 1 aromatic heterocycles. The summed E-state index contributed by atoms with van der Waals surface area (Å²) in [5.74, 6) is 0.215. The van der Waals surface area contributed by atoms with Crippen molar-refractivity contribution in [3.8, 4) is 0 Å². The summed E-state index contributed by atoms with van der Waals surface area (Å²) in [4.78, 5) is 17.6. The van der Waals surface area contributed by atoms with Crippen molar-refractivity contribution in [1.29, 1.82) is 0 Å². The number of thiophene rings is 1. The van der Waals surface area contributed by atoms with Crippen LogP contribution in [0.25, 0.3) is 0 Å². The minimum absolute atomic E-state index is 0.215. The average Bonchev–Trinajstić information content (AvgIpc) is 2.75. The molecule has 0 aliphatic carbocycles. The van der Waals surface area contributed by atoms with Crippen LogP contribution in [0.15, 0.2) is 15.9 Å². The zero-order valence-corrected chi connectivity index (χ0v) is 13.3. The minimum atomic E-state index is 0.215. The Morgan fingerprint density at radius 1 is 1.67 bits per heavy atom. The number of rotatable bonds is 4. The first-order chi connectivity index (χ1) is 8.58. The van der Waals surface area contributed by atoms with Gasteiger partial charge < -0.3 is 4.90 Å². The Morgan fingerprint density at radius 3 is 3.06 bits per heavy atom. The number of Topliss-reactive ketones (excluding diaryl/α,β-unsaturated/α-hetero) is 1. The van der Waals surface area contributed by atoms with Gasteiger partial charge >= 0.3 is 0 Å². The van der Waals surface area contributed by atoms with Crippen molar-refractivity contribution in [3.05, 3.63) is 20.8 Å². The zero-order valence-electron chi connectivity index (χ0n) is 10.9. The maximum Gasteiger partial charge on any atom is 0.187 e. The number of hydrogen-bond donors (Lipinski definition) is 0. The van der Waals surface area contributed by atoms with E-state index in [0.717, 1.165) is 15.9 Å². The van der Waals surface area contributed by atoms with Crippen molar-refractivity contribution in [2.75, 3.05) is 33.7 Å². The van der Waals surface area contributed by atoms with Gasteiger partial charge in [0.05, 0.1) is 11.4 Å². The molecule has 2 rings (SSSR count). The number of halogens is 1. The summed E-state index contributed by atoms with van der Waals surface area (Å²) in [5, 5.41) is 1.95. The first-order valence-electron chi connectivity index (χ1n) is 6.23. The minimum Gasteiger partial charge on any atom is -0.305 e. The second-order valence-electron chi connectivity index (χ2n) is 4.99. The summed E-state index contributed by atoms with van der Waals surface area (Å²) in [6.07, 6.45) is 2.42. The van der Waals surface area contributed by atoms with Crippen LogP contribution in [-0.4, -0.2) is 55.4 Å². The van der Waals surface area contributed by atoms with Gasteiger partial charge in [-0.05, 0) is 60.9 Å². The van der Waals surface area contributed by atoms with Crippen LogP contribution in [0, 0.1) is 0 Å². The maximum atomic E-state index is 12.2. The first kappa shape index (κ1) is 14.2. The molecule has 1 fully saturated rings. The van der Waals surface area contributed by atoms with Crippen LogP contribution in [0.4, 0.5) is 0 Å². The topological polar surface area (TPSA) is 23.6 Å². The molecule has 1 aliphatic heterocycles. The van der Waals surface area contributed by atoms with Crippen LogP contribution in [0.2, 0.25) is 0 Å². The third kappa shape index (κ3) is 3.41. The Hall–Kier alpha value is -0.230. The van der Waals surface area contributed by atoms with Crippen molar-refractivity contribution in [2.24, 2.45) is 0 Å². The molecule has 0 saturated carbocycles. The van der Waals surface area contributed by atoms with Gasteiger partial charge in [0, 0.05) is 17.1 Å². The molecule has 3 nitrogen and oxygen atoms in total. The van der Waals surface area contributed by atoms with Gasteiger partial charge in [-0.1, -0.05) is 0 Å². The number of likely N-dealkylation sites (N-methyl/N-ethyl adjacent to an activating group) is 2. The molecule has 5 heteroatoms. The van der Waals surface area contributed by atoms with Gasteiger partial charge in [-0.2, -0.15) is 0 Å². The van der Waals surface area contributed by atoms with Gasteiger partial charge in [0.15, 0.2) is 5.78 Å². The number of ketones is 1. The van der Waals surface area contributed by atoms with E-state index < -0.39 is 0 Å². The highest BCUT2D eigenvalue weighted by atomic mass is 79.9. The van der Waals surface area contributed by atoms with Crippen LogP contribution in [0.1, 0.15) is 22.5 Å². The molecule has 0 spiro atoms. The van der Waals surface area contributed by atoms with Crippen LogP contribution in [0.3, 0.4) is 0 Å². The smallest absolute Gasteiger partial charge is 0.187 e. The van der Waals surface area contributed by atoms with E-state index in [4.69, 9.17) is 0 Å². The first-order valence-corrected chi connectivity index (χ1v) is 7.90. The SMILES string of the molecule is CN1CCCC(N(C)CC(=O)c2sccc2Br)C1. The fourth-order valence-electron chi connectivity index (χ4n) is 2.42. The Kier molecular flexibility index (Phi) is 4.95. The Labute approximate surface area is 121 Å². The average molecular weight is 331 g/mol. The molecule has 0 amide bonds. The standard InChI is InChI=1S/C13H19BrN2OS/c1-15-6-3-4-10(8-15)16(2)9-12(17)13-11(14)5-7-18-13/h5,7,10H,3-4,6,8-9H2,1-2H3. The molecule has 100 valence electrons. The summed E-state index contributed by atoms with van der Waals surface area (Å²) in [7, 11) is 4.21.